The molecule has 0 saturated heterocycles. The topological polar surface area (TPSA) is 12.0 Å². The smallest absolute Gasteiger partial charge is 0.0208 e. The molecule has 1 N–H and O–H groups in total. The van der Waals surface area contributed by atoms with Gasteiger partial charge in [0.25, 0.3) is 0 Å². The molecule has 3 unspecified atom stereocenters. The molecule has 2 rings (SSSR count). The van der Waals surface area contributed by atoms with Crippen molar-refractivity contribution in [3.63, 3.8) is 0 Å². The van der Waals surface area contributed by atoms with Gasteiger partial charge in [-0.15, -0.1) is 0 Å². The number of rotatable bonds is 5. The van der Waals surface area contributed by atoms with E-state index in [2.05, 4.69) is 57.3 Å². The summed E-state index contributed by atoms with van der Waals surface area (Å²) in [6.07, 6.45) is 5.29. The molecule has 3 atom stereocenters. The summed E-state index contributed by atoms with van der Waals surface area (Å²) >= 11 is 0. The van der Waals surface area contributed by atoms with Gasteiger partial charge >= 0.3 is 0 Å². The molecule has 20 heavy (non-hydrogen) atoms. The van der Waals surface area contributed by atoms with Gasteiger partial charge in [-0.05, 0) is 54.6 Å². The minimum atomic E-state index is 0.710. The zero-order valence-corrected chi connectivity index (χ0v) is 13.7. The van der Waals surface area contributed by atoms with Crippen LogP contribution in [0.25, 0.3) is 0 Å². The number of nitrogens with one attached hydrogen (secondary N) is 1. The van der Waals surface area contributed by atoms with Crippen LogP contribution in [0.4, 0.5) is 0 Å². The van der Waals surface area contributed by atoms with E-state index in [1.807, 2.05) is 0 Å². The van der Waals surface area contributed by atoms with Gasteiger partial charge in [-0.2, -0.15) is 0 Å². The summed E-state index contributed by atoms with van der Waals surface area (Å²) in [5.41, 5.74) is 2.88. The third-order valence-electron chi connectivity index (χ3n) is 4.67. The highest BCUT2D eigenvalue weighted by molar-refractivity contribution is 5.22. The average molecular weight is 273 g/mol. The van der Waals surface area contributed by atoms with Gasteiger partial charge in [0.15, 0.2) is 0 Å². The third-order valence-corrected chi connectivity index (χ3v) is 4.67. The van der Waals surface area contributed by atoms with Gasteiger partial charge in [0.1, 0.15) is 0 Å². The Morgan fingerprint density at radius 2 is 1.70 bits per heavy atom. The minimum Gasteiger partial charge on any atom is -0.310 e. The zero-order chi connectivity index (χ0) is 14.5. The predicted octanol–water partition coefficient (Wildman–Crippen LogP) is 4.80. The molecule has 1 heteroatoms. The number of hydrogen-bond acceptors (Lipinski definition) is 1. The lowest BCUT2D eigenvalue weighted by Crippen LogP contribution is -2.38. The van der Waals surface area contributed by atoms with Crippen molar-refractivity contribution >= 4 is 0 Å². The fourth-order valence-corrected chi connectivity index (χ4v) is 3.48. The first kappa shape index (κ1) is 15.6. The molecule has 1 saturated carbocycles. The van der Waals surface area contributed by atoms with Gasteiger partial charge in [-0.3, -0.25) is 0 Å². The summed E-state index contributed by atoms with van der Waals surface area (Å²) in [4.78, 5) is 0. The lowest BCUT2D eigenvalue weighted by atomic mass is 9.80. The van der Waals surface area contributed by atoms with E-state index in [4.69, 9.17) is 0 Å². The van der Waals surface area contributed by atoms with E-state index < -0.39 is 0 Å². The largest absolute Gasteiger partial charge is 0.310 e. The highest BCUT2D eigenvalue weighted by Gasteiger charge is 2.24. The maximum Gasteiger partial charge on any atom is 0.0208 e. The molecule has 1 fully saturated rings. The first-order valence-corrected chi connectivity index (χ1v) is 8.35. The molecule has 0 radical (unpaired) electrons. The standard InChI is InChI=1S/C19H31N/c1-14(2)11-17-6-8-18(9-7-17)13-20-19-10-5-15(3)12-16(19)4/h6-9,14-16,19-20H,5,10-13H2,1-4H3. The van der Waals surface area contributed by atoms with E-state index >= 15 is 0 Å². The van der Waals surface area contributed by atoms with Gasteiger partial charge < -0.3 is 5.32 Å². The van der Waals surface area contributed by atoms with Crippen LogP contribution in [0.15, 0.2) is 24.3 Å². The number of hydrogen-bond donors (Lipinski definition) is 1. The van der Waals surface area contributed by atoms with Gasteiger partial charge in [-0.25, -0.2) is 0 Å². The molecule has 0 spiro atoms. The second kappa shape index (κ2) is 7.26. The van der Waals surface area contributed by atoms with Crippen molar-refractivity contribution in [3.8, 4) is 0 Å². The van der Waals surface area contributed by atoms with Crippen molar-refractivity contribution in [2.75, 3.05) is 0 Å². The fraction of sp³-hybridized carbons (Fsp3) is 0.684. The first-order valence-electron chi connectivity index (χ1n) is 8.35. The van der Waals surface area contributed by atoms with Crippen molar-refractivity contribution in [1.29, 1.82) is 0 Å². The quantitative estimate of drug-likeness (QED) is 0.812. The molecule has 0 aliphatic heterocycles. The fourth-order valence-electron chi connectivity index (χ4n) is 3.48. The van der Waals surface area contributed by atoms with E-state index in [1.54, 1.807) is 0 Å². The Morgan fingerprint density at radius 3 is 2.30 bits per heavy atom. The lowest BCUT2D eigenvalue weighted by molar-refractivity contribution is 0.227. The molecule has 0 heterocycles. The molecule has 1 aromatic carbocycles. The normalized spacial score (nSPS) is 26.9. The summed E-state index contributed by atoms with van der Waals surface area (Å²) in [5.74, 6) is 2.47. The summed E-state index contributed by atoms with van der Waals surface area (Å²) in [6, 6.07) is 9.88. The number of benzene rings is 1. The maximum atomic E-state index is 3.77. The van der Waals surface area contributed by atoms with E-state index in [0.717, 1.165) is 24.3 Å². The van der Waals surface area contributed by atoms with E-state index in [9.17, 15) is 0 Å². The van der Waals surface area contributed by atoms with Crippen molar-refractivity contribution < 1.29 is 0 Å². The minimum absolute atomic E-state index is 0.710. The molecule has 1 aromatic rings. The molecule has 1 aliphatic carbocycles. The first-order chi connectivity index (χ1) is 9.54. The average Bonchev–Trinajstić information content (AvgIpc) is 2.39. The molecular formula is C19H31N. The third kappa shape index (κ3) is 4.63. The highest BCUT2D eigenvalue weighted by Crippen LogP contribution is 2.28. The van der Waals surface area contributed by atoms with Crippen LogP contribution in [0, 0.1) is 17.8 Å². The summed E-state index contributed by atoms with van der Waals surface area (Å²) in [7, 11) is 0. The van der Waals surface area contributed by atoms with Crippen molar-refractivity contribution in [2.24, 2.45) is 17.8 Å². The van der Waals surface area contributed by atoms with Gasteiger partial charge in [0, 0.05) is 12.6 Å². The molecule has 0 amide bonds. The van der Waals surface area contributed by atoms with Crippen LogP contribution in [0.3, 0.4) is 0 Å². The van der Waals surface area contributed by atoms with Gasteiger partial charge in [-0.1, -0.05) is 52.0 Å². The molecule has 1 aliphatic rings. The molecule has 0 bridgehead atoms. The summed E-state index contributed by atoms with van der Waals surface area (Å²) < 4.78 is 0. The van der Waals surface area contributed by atoms with Crippen LogP contribution in [0.5, 0.6) is 0 Å². The molecular weight excluding hydrogens is 242 g/mol. The highest BCUT2D eigenvalue weighted by atomic mass is 14.9. The van der Waals surface area contributed by atoms with Crippen LogP contribution in [-0.2, 0) is 13.0 Å². The second-order valence-corrected chi connectivity index (χ2v) is 7.30. The Balaban J connectivity index is 1.82. The van der Waals surface area contributed by atoms with Gasteiger partial charge in [0.05, 0.1) is 0 Å². The van der Waals surface area contributed by atoms with E-state index in [1.165, 1.54) is 36.8 Å². The molecule has 112 valence electrons. The predicted molar refractivity (Wildman–Crippen MR) is 87.8 cm³/mol. The van der Waals surface area contributed by atoms with Crippen LogP contribution in [-0.4, -0.2) is 6.04 Å². The second-order valence-electron chi connectivity index (χ2n) is 7.30. The summed E-state index contributed by atoms with van der Waals surface area (Å²) in [5, 5.41) is 3.77. The summed E-state index contributed by atoms with van der Waals surface area (Å²) in [6.45, 7) is 10.4. The van der Waals surface area contributed by atoms with Crippen LogP contribution in [0.2, 0.25) is 0 Å². The lowest BCUT2D eigenvalue weighted by Gasteiger charge is -2.33. The van der Waals surface area contributed by atoms with Crippen LogP contribution >= 0.6 is 0 Å². The Kier molecular flexibility index (Phi) is 5.65. The van der Waals surface area contributed by atoms with E-state index in [-0.39, 0.29) is 0 Å². The van der Waals surface area contributed by atoms with Gasteiger partial charge in [0.2, 0.25) is 0 Å². The van der Waals surface area contributed by atoms with E-state index in [0.29, 0.717) is 6.04 Å². The Labute approximate surface area is 125 Å². The maximum absolute atomic E-state index is 3.77. The molecule has 0 aromatic heterocycles. The molecule has 1 nitrogen and oxygen atoms in total. The van der Waals surface area contributed by atoms with Crippen LogP contribution < -0.4 is 5.32 Å². The van der Waals surface area contributed by atoms with Crippen molar-refractivity contribution in [2.45, 2.75) is 66.0 Å². The SMILES string of the molecule is CC(C)Cc1ccc(CNC2CCC(C)CC2C)cc1. The Hall–Kier alpha value is -0.820. The zero-order valence-electron chi connectivity index (χ0n) is 13.7. The van der Waals surface area contributed by atoms with Crippen molar-refractivity contribution in [1.82, 2.24) is 5.32 Å². The Bertz CT molecular complexity index is 393. The van der Waals surface area contributed by atoms with Crippen molar-refractivity contribution in [3.05, 3.63) is 35.4 Å². The monoisotopic (exact) mass is 273 g/mol. The Morgan fingerprint density at radius 1 is 1.05 bits per heavy atom. The van der Waals surface area contributed by atoms with Crippen LogP contribution in [0.1, 0.15) is 58.1 Å².